The Labute approximate surface area is 108 Å². The molecule has 0 aromatic rings. The lowest BCUT2D eigenvalue weighted by Crippen LogP contribution is -2.44. The maximum atomic E-state index is 12.3. The van der Waals surface area contributed by atoms with Crippen molar-refractivity contribution in [1.82, 2.24) is 4.90 Å². The molecule has 5 heteroatoms. The number of carboxylic acid groups (broad SMARTS) is 1. The van der Waals surface area contributed by atoms with Gasteiger partial charge in [-0.05, 0) is 25.2 Å². The van der Waals surface area contributed by atoms with E-state index in [0.717, 1.165) is 19.3 Å². The Kier molecular flexibility index (Phi) is 5.59. The minimum atomic E-state index is -0.955. The molecule has 1 fully saturated rings. The van der Waals surface area contributed by atoms with Gasteiger partial charge in [0.05, 0.1) is 0 Å². The van der Waals surface area contributed by atoms with Crippen LogP contribution in [0.4, 0.5) is 0 Å². The fourth-order valence-corrected chi connectivity index (χ4v) is 2.55. The Hall–Kier alpha value is -1.10. The number of hydrogen-bond acceptors (Lipinski definition) is 3. The Morgan fingerprint density at radius 3 is 2.56 bits per heavy atom. The zero-order valence-corrected chi connectivity index (χ0v) is 11.3. The van der Waals surface area contributed by atoms with Crippen LogP contribution in [0, 0.1) is 11.8 Å². The summed E-state index contributed by atoms with van der Waals surface area (Å²) in [6, 6.07) is 0.0819. The van der Waals surface area contributed by atoms with Crippen molar-refractivity contribution < 1.29 is 14.7 Å². The number of carbonyl (C=O) groups is 2. The van der Waals surface area contributed by atoms with Crippen LogP contribution in [0.1, 0.15) is 39.5 Å². The third kappa shape index (κ3) is 4.64. The van der Waals surface area contributed by atoms with E-state index in [1.165, 1.54) is 4.90 Å². The second kappa shape index (κ2) is 6.73. The molecule has 5 nitrogen and oxygen atoms in total. The zero-order valence-electron chi connectivity index (χ0n) is 11.3. The van der Waals surface area contributed by atoms with Gasteiger partial charge in [0.25, 0.3) is 0 Å². The van der Waals surface area contributed by atoms with Gasteiger partial charge in [-0.1, -0.05) is 20.3 Å². The maximum Gasteiger partial charge on any atom is 0.323 e. The van der Waals surface area contributed by atoms with Crippen molar-refractivity contribution in [1.29, 1.82) is 0 Å². The summed E-state index contributed by atoms with van der Waals surface area (Å²) in [4.78, 5) is 24.6. The van der Waals surface area contributed by atoms with Gasteiger partial charge in [0, 0.05) is 18.5 Å². The smallest absolute Gasteiger partial charge is 0.323 e. The van der Waals surface area contributed by atoms with Crippen molar-refractivity contribution in [3.8, 4) is 0 Å². The van der Waals surface area contributed by atoms with Gasteiger partial charge < -0.3 is 15.7 Å². The molecule has 0 bridgehead atoms. The number of aliphatic carboxylic acids is 1. The fraction of sp³-hybridized carbons (Fsp3) is 0.846. The van der Waals surface area contributed by atoms with Crippen molar-refractivity contribution in [3.63, 3.8) is 0 Å². The first-order valence-electron chi connectivity index (χ1n) is 6.66. The Morgan fingerprint density at radius 2 is 2.06 bits per heavy atom. The molecular formula is C13H24N2O3. The number of rotatable bonds is 5. The molecule has 1 aliphatic rings. The van der Waals surface area contributed by atoms with Crippen LogP contribution >= 0.6 is 0 Å². The lowest BCUT2D eigenvalue weighted by molar-refractivity contribution is -0.147. The highest BCUT2D eigenvalue weighted by Crippen LogP contribution is 2.25. The highest BCUT2D eigenvalue weighted by molar-refractivity contribution is 5.83. The fourth-order valence-electron chi connectivity index (χ4n) is 2.55. The van der Waals surface area contributed by atoms with Gasteiger partial charge in [-0.2, -0.15) is 0 Å². The lowest BCUT2D eigenvalue weighted by Gasteiger charge is -2.31. The first-order valence-corrected chi connectivity index (χ1v) is 6.66. The van der Waals surface area contributed by atoms with E-state index in [1.54, 1.807) is 0 Å². The van der Waals surface area contributed by atoms with E-state index in [4.69, 9.17) is 10.8 Å². The summed E-state index contributed by atoms with van der Waals surface area (Å²) in [6.45, 7) is 4.25. The standard InChI is InChI=1S/C13H24N2O3/c1-9(2)7-15(8-12(16)17)13(18)10-4-3-5-11(14)6-10/h9-11H,3-8,14H2,1-2H3,(H,16,17). The minimum Gasteiger partial charge on any atom is -0.480 e. The molecule has 2 unspecified atom stereocenters. The molecule has 0 heterocycles. The van der Waals surface area contributed by atoms with Crippen molar-refractivity contribution >= 4 is 11.9 Å². The summed E-state index contributed by atoms with van der Waals surface area (Å²) in [7, 11) is 0. The van der Waals surface area contributed by atoms with Gasteiger partial charge in [-0.3, -0.25) is 9.59 Å². The van der Waals surface area contributed by atoms with E-state index in [9.17, 15) is 9.59 Å². The van der Waals surface area contributed by atoms with Crippen LogP contribution in [0.2, 0.25) is 0 Å². The quantitative estimate of drug-likeness (QED) is 0.770. The first kappa shape index (κ1) is 15.0. The number of amides is 1. The summed E-state index contributed by atoms with van der Waals surface area (Å²) in [6.07, 6.45) is 3.45. The van der Waals surface area contributed by atoms with Gasteiger partial charge in [-0.15, -0.1) is 0 Å². The minimum absolute atomic E-state index is 0.0405. The summed E-state index contributed by atoms with van der Waals surface area (Å²) in [5.41, 5.74) is 5.88. The van der Waals surface area contributed by atoms with E-state index >= 15 is 0 Å². The summed E-state index contributed by atoms with van der Waals surface area (Å²) >= 11 is 0. The Morgan fingerprint density at radius 1 is 1.39 bits per heavy atom. The Bertz CT molecular complexity index is 305. The van der Waals surface area contributed by atoms with Gasteiger partial charge in [0.2, 0.25) is 5.91 Å². The van der Waals surface area contributed by atoms with E-state index in [-0.39, 0.29) is 30.3 Å². The van der Waals surface area contributed by atoms with Crippen molar-refractivity contribution in [2.24, 2.45) is 17.6 Å². The highest BCUT2D eigenvalue weighted by atomic mass is 16.4. The number of nitrogens with zero attached hydrogens (tertiary/aromatic N) is 1. The predicted molar refractivity (Wildman–Crippen MR) is 69.0 cm³/mol. The average Bonchev–Trinajstić information content (AvgIpc) is 2.26. The molecule has 0 saturated heterocycles. The first-order chi connectivity index (χ1) is 8.40. The van der Waals surface area contributed by atoms with Gasteiger partial charge in [-0.25, -0.2) is 0 Å². The van der Waals surface area contributed by atoms with E-state index in [0.29, 0.717) is 13.0 Å². The SMILES string of the molecule is CC(C)CN(CC(=O)O)C(=O)C1CCCC(N)C1. The second-order valence-electron chi connectivity index (χ2n) is 5.63. The van der Waals surface area contributed by atoms with Crippen LogP contribution in [-0.2, 0) is 9.59 Å². The number of carboxylic acids is 1. The molecule has 0 aromatic carbocycles. The largest absolute Gasteiger partial charge is 0.480 e. The molecular weight excluding hydrogens is 232 g/mol. The molecule has 1 rings (SSSR count). The molecule has 1 amide bonds. The van der Waals surface area contributed by atoms with Crippen molar-refractivity contribution in [2.45, 2.75) is 45.6 Å². The van der Waals surface area contributed by atoms with Gasteiger partial charge in [0.15, 0.2) is 0 Å². The van der Waals surface area contributed by atoms with Crippen molar-refractivity contribution in [3.05, 3.63) is 0 Å². The van der Waals surface area contributed by atoms with Crippen LogP contribution < -0.4 is 5.73 Å². The van der Waals surface area contributed by atoms with Crippen LogP contribution in [0.15, 0.2) is 0 Å². The third-order valence-electron chi connectivity index (χ3n) is 3.29. The van der Waals surface area contributed by atoms with E-state index in [2.05, 4.69) is 0 Å². The van der Waals surface area contributed by atoms with Crippen LogP contribution in [-0.4, -0.2) is 41.0 Å². The predicted octanol–water partition coefficient (Wildman–Crippen LogP) is 1.07. The van der Waals surface area contributed by atoms with Gasteiger partial charge >= 0.3 is 5.97 Å². The number of carbonyl (C=O) groups excluding carboxylic acids is 1. The molecule has 0 radical (unpaired) electrons. The Balaban J connectivity index is 2.64. The van der Waals surface area contributed by atoms with E-state index < -0.39 is 5.97 Å². The normalized spacial score (nSPS) is 24.0. The monoisotopic (exact) mass is 256 g/mol. The molecule has 3 N–H and O–H groups in total. The highest BCUT2D eigenvalue weighted by Gasteiger charge is 2.30. The maximum absolute atomic E-state index is 12.3. The molecule has 0 aromatic heterocycles. The van der Waals surface area contributed by atoms with Crippen LogP contribution in [0.3, 0.4) is 0 Å². The van der Waals surface area contributed by atoms with Crippen LogP contribution in [0.5, 0.6) is 0 Å². The zero-order chi connectivity index (χ0) is 13.7. The van der Waals surface area contributed by atoms with Crippen LogP contribution in [0.25, 0.3) is 0 Å². The summed E-state index contributed by atoms with van der Waals surface area (Å²) < 4.78 is 0. The van der Waals surface area contributed by atoms with E-state index in [1.807, 2.05) is 13.8 Å². The molecule has 1 aliphatic carbocycles. The summed E-state index contributed by atoms with van der Waals surface area (Å²) in [5, 5.41) is 8.88. The van der Waals surface area contributed by atoms with Gasteiger partial charge in [0.1, 0.15) is 6.54 Å². The average molecular weight is 256 g/mol. The lowest BCUT2D eigenvalue weighted by atomic mass is 9.85. The molecule has 1 saturated carbocycles. The molecule has 18 heavy (non-hydrogen) atoms. The molecule has 104 valence electrons. The second-order valence-corrected chi connectivity index (χ2v) is 5.63. The molecule has 2 atom stereocenters. The number of nitrogens with two attached hydrogens (primary N) is 1. The molecule has 0 spiro atoms. The topological polar surface area (TPSA) is 83.6 Å². The van der Waals surface area contributed by atoms with Crippen molar-refractivity contribution in [2.75, 3.05) is 13.1 Å². The number of hydrogen-bond donors (Lipinski definition) is 2. The molecule has 0 aliphatic heterocycles. The summed E-state index contributed by atoms with van der Waals surface area (Å²) in [5.74, 6) is -0.817. The third-order valence-corrected chi connectivity index (χ3v) is 3.29.